The van der Waals surface area contributed by atoms with Crippen LogP contribution in [0.2, 0.25) is 0 Å². The second-order valence-electron chi connectivity index (χ2n) is 4.49. The Morgan fingerprint density at radius 1 is 1.44 bits per heavy atom. The van der Waals surface area contributed by atoms with Gasteiger partial charge < -0.3 is 9.64 Å². The number of nitrogens with zero attached hydrogens (tertiary/aromatic N) is 1. The summed E-state index contributed by atoms with van der Waals surface area (Å²) in [7, 11) is 0. The number of ether oxygens (including phenoxy) is 1. The second kappa shape index (κ2) is 6.69. The highest BCUT2D eigenvalue weighted by atomic mass is 32.2. The zero-order chi connectivity index (χ0) is 12.8. The molecule has 0 bridgehead atoms. The molecule has 1 unspecified atom stereocenters. The van der Waals surface area contributed by atoms with Crippen molar-refractivity contribution in [3.05, 3.63) is 35.9 Å². The van der Waals surface area contributed by atoms with Crippen molar-refractivity contribution in [2.24, 2.45) is 0 Å². The van der Waals surface area contributed by atoms with Crippen LogP contribution in [0, 0.1) is 0 Å². The molecule has 3 nitrogen and oxygen atoms in total. The predicted octanol–water partition coefficient (Wildman–Crippen LogP) is 3.15. The first-order valence-electron chi connectivity index (χ1n) is 6.28. The Labute approximate surface area is 113 Å². The monoisotopic (exact) mass is 265 g/mol. The molecule has 0 spiro atoms. The molecule has 1 aromatic carbocycles. The molecule has 1 heterocycles. The molecule has 1 aliphatic heterocycles. The maximum absolute atomic E-state index is 11.9. The first-order valence-corrected chi connectivity index (χ1v) is 7.57. The van der Waals surface area contributed by atoms with E-state index < -0.39 is 0 Å². The van der Waals surface area contributed by atoms with E-state index in [1.807, 2.05) is 47.0 Å². The van der Waals surface area contributed by atoms with Gasteiger partial charge >= 0.3 is 6.09 Å². The van der Waals surface area contributed by atoms with Gasteiger partial charge in [-0.05, 0) is 24.7 Å². The van der Waals surface area contributed by atoms with Crippen LogP contribution in [0.1, 0.15) is 18.4 Å². The van der Waals surface area contributed by atoms with Gasteiger partial charge in [0.1, 0.15) is 6.61 Å². The van der Waals surface area contributed by atoms with Crippen LogP contribution >= 0.6 is 11.8 Å². The van der Waals surface area contributed by atoms with Crippen molar-refractivity contribution in [3.63, 3.8) is 0 Å². The molecule has 1 saturated heterocycles. The van der Waals surface area contributed by atoms with Crippen molar-refractivity contribution in [3.8, 4) is 0 Å². The van der Waals surface area contributed by atoms with Gasteiger partial charge in [0.2, 0.25) is 0 Å². The number of hydrogen-bond acceptors (Lipinski definition) is 3. The van der Waals surface area contributed by atoms with Crippen molar-refractivity contribution >= 4 is 17.9 Å². The summed E-state index contributed by atoms with van der Waals surface area (Å²) in [5.74, 6) is 0. The van der Waals surface area contributed by atoms with E-state index in [9.17, 15) is 4.79 Å². The van der Waals surface area contributed by atoms with Crippen LogP contribution in [0.15, 0.2) is 30.3 Å². The third-order valence-corrected chi connectivity index (χ3v) is 4.23. The molecular weight excluding hydrogens is 246 g/mol. The highest BCUT2D eigenvalue weighted by molar-refractivity contribution is 7.99. The second-order valence-corrected chi connectivity index (χ2v) is 5.62. The summed E-state index contributed by atoms with van der Waals surface area (Å²) in [6.45, 7) is 2.00. The maximum Gasteiger partial charge on any atom is 0.410 e. The number of amides is 1. The van der Waals surface area contributed by atoms with Crippen LogP contribution in [0.4, 0.5) is 4.79 Å². The lowest BCUT2D eigenvalue weighted by Gasteiger charge is -2.31. The van der Waals surface area contributed by atoms with E-state index in [0.717, 1.165) is 25.1 Å². The lowest BCUT2D eigenvalue weighted by atomic mass is 10.1. The van der Waals surface area contributed by atoms with Gasteiger partial charge in [-0.3, -0.25) is 0 Å². The van der Waals surface area contributed by atoms with Crippen LogP contribution in [0.5, 0.6) is 0 Å². The van der Waals surface area contributed by atoms with Gasteiger partial charge in [0, 0.05) is 18.3 Å². The molecule has 1 aromatic rings. The summed E-state index contributed by atoms with van der Waals surface area (Å²) in [4.78, 5) is 13.8. The molecule has 4 heteroatoms. The fraction of sp³-hybridized carbons (Fsp3) is 0.500. The van der Waals surface area contributed by atoms with Crippen molar-refractivity contribution in [1.82, 2.24) is 4.90 Å². The van der Waals surface area contributed by atoms with E-state index in [0.29, 0.717) is 11.9 Å². The largest absolute Gasteiger partial charge is 0.445 e. The fourth-order valence-electron chi connectivity index (χ4n) is 2.11. The van der Waals surface area contributed by atoms with Gasteiger partial charge in [-0.1, -0.05) is 30.3 Å². The van der Waals surface area contributed by atoms with Crippen LogP contribution < -0.4 is 0 Å². The van der Waals surface area contributed by atoms with Crippen LogP contribution in [-0.4, -0.2) is 35.6 Å². The zero-order valence-corrected chi connectivity index (χ0v) is 11.5. The van der Waals surface area contributed by atoms with Crippen LogP contribution in [0.25, 0.3) is 0 Å². The average molecular weight is 265 g/mol. The standard InChI is InChI=1S/C14H19NO2S/c1-18-13-8-5-9-15(10-13)14(16)17-11-12-6-3-2-4-7-12/h2-4,6-7,13H,5,8-11H2,1H3. The summed E-state index contributed by atoms with van der Waals surface area (Å²) in [6, 6.07) is 9.79. The molecule has 1 aliphatic rings. The molecule has 0 aromatic heterocycles. The number of carbonyl (C=O) groups excluding carboxylic acids is 1. The number of piperidine rings is 1. The molecule has 1 fully saturated rings. The summed E-state index contributed by atoms with van der Waals surface area (Å²) in [5.41, 5.74) is 1.03. The number of hydrogen-bond donors (Lipinski definition) is 0. The summed E-state index contributed by atoms with van der Waals surface area (Å²) < 4.78 is 5.34. The molecule has 0 aliphatic carbocycles. The van der Waals surface area contributed by atoms with Gasteiger partial charge in [0.15, 0.2) is 0 Å². The van der Waals surface area contributed by atoms with E-state index in [1.54, 1.807) is 0 Å². The Balaban J connectivity index is 1.81. The van der Waals surface area contributed by atoms with Gasteiger partial charge in [-0.25, -0.2) is 4.79 Å². The van der Waals surface area contributed by atoms with Crippen LogP contribution in [-0.2, 0) is 11.3 Å². The predicted molar refractivity (Wildman–Crippen MR) is 74.7 cm³/mol. The Morgan fingerprint density at radius 3 is 2.94 bits per heavy atom. The third kappa shape index (κ3) is 3.67. The SMILES string of the molecule is CSC1CCCN(C(=O)OCc2ccccc2)C1. The van der Waals surface area contributed by atoms with Crippen molar-refractivity contribution in [1.29, 1.82) is 0 Å². The molecule has 2 rings (SSSR count). The first-order chi connectivity index (χ1) is 8.79. The molecule has 18 heavy (non-hydrogen) atoms. The molecule has 1 amide bonds. The number of carbonyl (C=O) groups is 1. The van der Waals surface area contributed by atoms with E-state index in [2.05, 4.69) is 6.26 Å². The van der Waals surface area contributed by atoms with E-state index in [-0.39, 0.29) is 6.09 Å². The normalized spacial score (nSPS) is 19.6. The van der Waals surface area contributed by atoms with Gasteiger partial charge in [-0.15, -0.1) is 0 Å². The number of rotatable bonds is 3. The quantitative estimate of drug-likeness (QED) is 0.841. The molecule has 1 atom stereocenters. The lowest BCUT2D eigenvalue weighted by molar-refractivity contribution is 0.0904. The average Bonchev–Trinajstić information content (AvgIpc) is 2.46. The number of benzene rings is 1. The smallest absolute Gasteiger partial charge is 0.410 e. The highest BCUT2D eigenvalue weighted by Gasteiger charge is 2.23. The summed E-state index contributed by atoms with van der Waals surface area (Å²) >= 11 is 1.83. The Bertz CT molecular complexity index is 383. The number of likely N-dealkylation sites (tertiary alicyclic amines) is 1. The lowest BCUT2D eigenvalue weighted by Crippen LogP contribution is -2.41. The molecular formula is C14H19NO2S. The molecule has 0 saturated carbocycles. The van der Waals surface area contributed by atoms with E-state index in [1.165, 1.54) is 6.42 Å². The van der Waals surface area contributed by atoms with Gasteiger partial charge in [0.25, 0.3) is 0 Å². The number of thioether (sulfide) groups is 1. The summed E-state index contributed by atoms with van der Waals surface area (Å²) in [5, 5.41) is 0.558. The Hall–Kier alpha value is -1.16. The van der Waals surface area contributed by atoms with Crippen molar-refractivity contribution < 1.29 is 9.53 Å². The fourth-order valence-corrected chi connectivity index (χ4v) is 2.84. The molecule has 0 radical (unpaired) electrons. The first kappa shape index (κ1) is 13.3. The molecule has 98 valence electrons. The van der Waals surface area contributed by atoms with Crippen molar-refractivity contribution in [2.75, 3.05) is 19.3 Å². The minimum atomic E-state index is -0.183. The topological polar surface area (TPSA) is 29.5 Å². The van der Waals surface area contributed by atoms with Crippen molar-refractivity contribution in [2.45, 2.75) is 24.7 Å². The maximum atomic E-state index is 11.9. The van der Waals surface area contributed by atoms with Gasteiger partial charge in [-0.2, -0.15) is 11.8 Å². The minimum absolute atomic E-state index is 0.183. The van der Waals surface area contributed by atoms with E-state index >= 15 is 0 Å². The Morgan fingerprint density at radius 2 is 2.22 bits per heavy atom. The van der Waals surface area contributed by atoms with E-state index in [4.69, 9.17) is 4.74 Å². The Kier molecular flexibility index (Phi) is 4.93. The third-order valence-electron chi connectivity index (χ3n) is 3.17. The summed E-state index contributed by atoms with van der Waals surface area (Å²) in [6.07, 6.45) is 4.19. The minimum Gasteiger partial charge on any atom is -0.445 e. The zero-order valence-electron chi connectivity index (χ0n) is 10.7. The van der Waals surface area contributed by atoms with Crippen LogP contribution in [0.3, 0.4) is 0 Å². The molecule has 0 N–H and O–H groups in total. The van der Waals surface area contributed by atoms with Gasteiger partial charge in [0.05, 0.1) is 0 Å². The highest BCUT2D eigenvalue weighted by Crippen LogP contribution is 2.20.